The van der Waals surface area contributed by atoms with Crippen LogP contribution in [0.5, 0.6) is 0 Å². The number of pyridine rings is 1. The van der Waals surface area contributed by atoms with Gasteiger partial charge in [-0.05, 0) is 37.8 Å². The third-order valence-corrected chi connectivity index (χ3v) is 5.37. The standard InChI is InChI=1S/C19H24N4O3/c1-14-10-17(22-26-14)11-23-12-19(13-23)16(5-9-25-19)4-8-21-18(24)15-2-6-20-7-3-15/h2-3,6-7,10,16H,4-5,8-9,11-13H2,1H3,(H,21,24). The lowest BCUT2D eigenvalue weighted by Gasteiger charge is -2.50. The number of hydrogen-bond acceptors (Lipinski definition) is 6. The quantitative estimate of drug-likeness (QED) is 0.850. The lowest BCUT2D eigenvalue weighted by molar-refractivity contribution is -0.137. The van der Waals surface area contributed by atoms with Gasteiger partial charge in [-0.3, -0.25) is 14.7 Å². The molecule has 26 heavy (non-hydrogen) atoms. The van der Waals surface area contributed by atoms with Crippen LogP contribution in [0.4, 0.5) is 0 Å². The van der Waals surface area contributed by atoms with Gasteiger partial charge in [0.1, 0.15) is 5.76 Å². The summed E-state index contributed by atoms with van der Waals surface area (Å²) in [6.45, 7) is 6.02. The van der Waals surface area contributed by atoms with Gasteiger partial charge in [0, 0.05) is 56.8 Å². The molecule has 1 atom stereocenters. The molecule has 0 aromatic carbocycles. The van der Waals surface area contributed by atoms with E-state index in [1.54, 1.807) is 24.5 Å². The number of ether oxygens (including phenoxy) is 1. The Morgan fingerprint density at radius 2 is 2.19 bits per heavy atom. The fourth-order valence-electron chi connectivity index (χ4n) is 4.05. The number of nitrogens with one attached hydrogen (secondary N) is 1. The van der Waals surface area contributed by atoms with Crippen LogP contribution in [0.25, 0.3) is 0 Å². The smallest absolute Gasteiger partial charge is 0.251 e. The SMILES string of the molecule is Cc1cc(CN2CC3(C2)OCCC3CCNC(=O)c2ccncc2)no1. The molecule has 7 heteroatoms. The lowest BCUT2D eigenvalue weighted by atomic mass is 9.79. The van der Waals surface area contributed by atoms with Crippen LogP contribution in [0.3, 0.4) is 0 Å². The van der Waals surface area contributed by atoms with Crippen LogP contribution in [-0.2, 0) is 11.3 Å². The molecule has 1 N–H and O–H groups in total. The maximum Gasteiger partial charge on any atom is 0.251 e. The van der Waals surface area contributed by atoms with Crippen molar-refractivity contribution in [2.45, 2.75) is 31.9 Å². The molecular formula is C19H24N4O3. The molecule has 7 nitrogen and oxygen atoms in total. The van der Waals surface area contributed by atoms with Crippen LogP contribution in [0, 0.1) is 12.8 Å². The Hall–Kier alpha value is -2.25. The van der Waals surface area contributed by atoms with Crippen molar-refractivity contribution in [1.82, 2.24) is 20.4 Å². The van der Waals surface area contributed by atoms with Crippen LogP contribution in [0.1, 0.15) is 34.7 Å². The normalized spacial score (nSPS) is 21.7. The van der Waals surface area contributed by atoms with E-state index < -0.39 is 0 Å². The fraction of sp³-hybridized carbons (Fsp3) is 0.526. The molecular weight excluding hydrogens is 332 g/mol. The number of carbonyl (C=O) groups excluding carboxylic acids is 1. The van der Waals surface area contributed by atoms with Gasteiger partial charge in [-0.25, -0.2) is 0 Å². The van der Waals surface area contributed by atoms with Gasteiger partial charge in [0.2, 0.25) is 0 Å². The van der Waals surface area contributed by atoms with Crippen molar-refractivity contribution in [1.29, 1.82) is 0 Å². The largest absolute Gasteiger partial charge is 0.372 e. The van der Waals surface area contributed by atoms with Crippen molar-refractivity contribution in [2.24, 2.45) is 5.92 Å². The van der Waals surface area contributed by atoms with Gasteiger partial charge in [0.25, 0.3) is 5.91 Å². The Kier molecular flexibility index (Phi) is 4.74. The summed E-state index contributed by atoms with van der Waals surface area (Å²) >= 11 is 0. The third kappa shape index (κ3) is 3.50. The highest BCUT2D eigenvalue weighted by atomic mass is 16.5. The third-order valence-electron chi connectivity index (χ3n) is 5.37. The number of aryl methyl sites for hydroxylation is 1. The summed E-state index contributed by atoms with van der Waals surface area (Å²) in [4.78, 5) is 18.4. The van der Waals surface area contributed by atoms with Crippen molar-refractivity contribution in [2.75, 3.05) is 26.2 Å². The van der Waals surface area contributed by atoms with Gasteiger partial charge >= 0.3 is 0 Å². The minimum Gasteiger partial charge on any atom is -0.372 e. The molecule has 1 spiro atoms. The van der Waals surface area contributed by atoms with E-state index in [2.05, 4.69) is 20.4 Å². The van der Waals surface area contributed by atoms with Crippen LogP contribution in [0.2, 0.25) is 0 Å². The van der Waals surface area contributed by atoms with Gasteiger partial charge < -0.3 is 14.6 Å². The van der Waals surface area contributed by atoms with E-state index in [-0.39, 0.29) is 11.5 Å². The summed E-state index contributed by atoms with van der Waals surface area (Å²) in [5, 5.41) is 7.07. The van der Waals surface area contributed by atoms with Crippen LogP contribution < -0.4 is 5.32 Å². The molecule has 138 valence electrons. The predicted octanol–water partition coefficient (Wildman–Crippen LogP) is 1.79. The number of hydrogen-bond donors (Lipinski definition) is 1. The second kappa shape index (κ2) is 7.17. The van der Waals surface area contributed by atoms with Crippen LogP contribution >= 0.6 is 0 Å². The molecule has 0 bridgehead atoms. The van der Waals surface area contributed by atoms with Crippen molar-refractivity contribution >= 4 is 5.91 Å². The number of likely N-dealkylation sites (tertiary alicyclic amines) is 1. The maximum atomic E-state index is 12.1. The number of carbonyl (C=O) groups is 1. The van der Waals surface area contributed by atoms with E-state index in [0.29, 0.717) is 18.0 Å². The van der Waals surface area contributed by atoms with E-state index >= 15 is 0 Å². The van der Waals surface area contributed by atoms with Gasteiger partial charge in [-0.2, -0.15) is 0 Å². The molecule has 2 aromatic heterocycles. The van der Waals surface area contributed by atoms with Gasteiger partial charge in [-0.15, -0.1) is 0 Å². The van der Waals surface area contributed by atoms with E-state index in [4.69, 9.17) is 9.26 Å². The lowest BCUT2D eigenvalue weighted by Crippen LogP contribution is -2.64. The number of rotatable bonds is 6. The molecule has 4 rings (SSSR count). The average molecular weight is 356 g/mol. The summed E-state index contributed by atoms with van der Waals surface area (Å²) < 4.78 is 11.2. The van der Waals surface area contributed by atoms with Crippen molar-refractivity contribution in [3.05, 3.63) is 47.6 Å². The Morgan fingerprint density at radius 1 is 1.38 bits per heavy atom. The second-order valence-corrected chi connectivity index (χ2v) is 7.25. The zero-order chi connectivity index (χ0) is 18.0. The highest BCUT2D eigenvalue weighted by Crippen LogP contribution is 2.41. The highest BCUT2D eigenvalue weighted by molar-refractivity contribution is 5.93. The van der Waals surface area contributed by atoms with E-state index in [1.807, 2.05) is 13.0 Å². The summed E-state index contributed by atoms with van der Waals surface area (Å²) in [5.74, 6) is 1.28. The van der Waals surface area contributed by atoms with Gasteiger partial charge in [0.05, 0.1) is 11.3 Å². The fourth-order valence-corrected chi connectivity index (χ4v) is 4.05. The Labute approximate surface area is 152 Å². The molecule has 2 fully saturated rings. The molecule has 2 aliphatic rings. The molecule has 4 heterocycles. The van der Waals surface area contributed by atoms with Gasteiger partial charge in [0.15, 0.2) is 0 Å². The molecule has 2 aromatic rings. The number of aromatic nitrogens is 2. The first-order valence-electron chi connectivity index (χ1n) is 9.11. The van der Waals surface area contributed by atoms with E-state index in [0.717, 1.165) is 50.5 Å². The molecule has 2 aliphatic heterocycles. The first-order valence-corrected chi connectivity index (χ1v) is 9.11. The molecule has 0 aliphatic carbocycles. The summed E-state index contributed by atoms with van der Waals surface area (Å²) in [6.07, 6.45) is 5.26. The van der Waals surface area contributed by atoms with Crippen LogP contribution in [-0.4, -0.2) is 52.8 Å². The van der Waals surface area contributed by atoms with Gasteiger partial charge in [-0.1, -0.05) is 5.16 Å². The van der Waals surface area contributed by atoms with Crippen molar-refractivity contribution < 1.29 is 14.1 Å². The number of nitrogens with zero attached hydrogens (tertiary/aromatic N) is 3. The Balaban J connectivity index is 1.25. The van der Waals surface area contributed by atoms with Crippen molar-refractivity contribution in [3.8, 4) is 0 Å². The molecule has 2 saturated heterocycles. The minimum absolute atomic E-state index is 0.0444. The topological polar surface area (TPSA) is 80.5 Å². The predicted molar refractivity (Wildman–Crippen MR) is 94.5 cm³/mol. The molecule has 0 radical (unpaired) electrons. The molecule has 1 amide bonds. The maximum absolute atomic E-state index is 12.1. The highest BCUT2D eigenvalue weighted by Gasteiger charge is 2.52. The summed E-state index contributed by atoms with van der Waals surface area (Å²) in [5.41, 5.74) is 1.56. The first kappa shape index (κ1) is 17.2. The summed E-state index contributed by atoms with van der Waals surface area (Å²) in [7, 11) is 0. The molecule has 1 unspecified atom stereocenters. The number of amides is 1. The first-order chi connectivity index (χ1) is 12.6. The second-order valence-electron chi connectivity index (χ2n) is 7.25. The average Bonchev–Trinajstić information content (AvgIpc) is 3.22. The minimum atomic E-state index is -0.0554. The monoisotopic (exact) mass is 356 g/mol. The Morgan fingerprint density at radius 3 is 2.92 bits per heavy atom. The van der Waals surface area contributed by atoms with E-state index in [9.17, 15) is 4.79 Å². The zero-order valence-corrected chi connectivity index (χ0v) is 15.0. The van der Waals surface area contributed by atoms with E-state index in [1.165, 1.54) is 0 Å². The summed E-state index contributed by atoms with van der Waals surface area (Å²) in [6, 6.07) is 5.43. The van der Waals surface area contributed by atoms with Crippen LogP contribution in [0.15, 0.2) is 35.1 Å². The molecule has 0 saturated carbocycles. The zero-order valence-electron chi connectivity index (χ0n) is 15.0. The Bertz CT molecular complexity index is 755. The van der Waals surface area contributed by atoms with Crippen molar-refractivity contribution in [3.63, 3.8) is 0 Å².